The highest BCUT2D eigenvalue weighted by Crippen LogP contribution is 2.25. The fourth-order valence-corrected chi connectivity index (χ4v) is 5.43. The molecular formula is C29H34N2O4S. The number of amides is 1. The van der Waals surface area contributed by atoms with Crippen LogP contribution in [0.4, 0.5) is 5.69 Å². The van der Waals surface area contributed by atoms with Gasteiger partial charge in [0, 0.05) is 13.1 Å². The average molecular weight is 507 g/mol. The number of likely N-dealkylation sites (tertiary alicyclic amines) is 1. The number of sulfonamides is 1. The van der Waals surface area contributed by atoms with E-state index in [4.69, 9.17) is 4.74 Å². The second kappa shape index (κ2) is 11.6. The Morgan fingerprint density at radius 3 is 2.17 bits per heavy atom. The summed E-state index contributed by atoms with van der Waals surface area (Å²) in [6, 6.07) is 25.1. The van der Waals surface area contributed by atoms with Crippen molar-refractivity contribution in [3.63, 3.8) is 0 Å². The molecular weight excluding hydrogens is 472 g/mol. The fourth-order valence-electron chi connectivity index (χ4n) is 4.54. The maximum atomic E-state index is 12.7. The Morgan fingerprint density at radius 1 is 0.917 bits per heavy atom. The van der Waals surface area contributed by atoms with Crippen molar-refractivity contribution in [2.75, 3.05) is 30.3 Å². The van der Waals surface area contributed by atoms with Crippen molar-refractivity contribution in [1.29, 1.82) is 0 Å². The van der Waals surface area contributed by atoms with E-state index >= 15 is 0 Å². The normalized spacial score (nSPS) is 14.4. The SMILES string of the molecule is Cc1ccc(CN(c2ccc(OCC(=O)N3CCC(Cc4ccccc4)CC3)cc2)S(C)(=O)=O)cc1. The molecule has 0 spiro atoms. The summed E-state index contributed by atoms with van der Waals surface area (Å²) in [7, 11) is -3.47. The quantitative estimate of drug-likeness (QED) is 0.417. The van der Waals surface area contributed by atoms with Gasteiger partial charge in [-0.25, -0.2) is 8.42 Å². The first-order chi connectivity index (χ1) is 17.3. The van der Waals surface area contributed by atoms with Gasteiger partial charge in [-0.1, -0.05) is 60.2 Å². The molecule has 0 bridgehead atoms. The zero-order valence-electron chi connectivity index (χ0n) is 21.0. The second-order valence-electron chi connectivity index (χ2n) is 9.55. The van der Waals surface area contributed by atoms with Crippen molar-refractivity contribution in [1.82, 2.24) is 4.90 Å². The highest BCUT2D eigenvalue weighted by Gasteiger charge is 2.23. The molecule has 190 valence electrons. The van der Waals surface area contributed by atoms with E-state index in [0.29, 0.717) is 17.4 Å². The third kappa shape index (κ3) is 7.10. The van der Waals surface area contributed by atoms with Gasteiger partial charge in [0.15, 0.2) is 6.61 Å². The van der Waals surface area contributed by atoms with Crippen LogP contribution in [0.15, 0.2) is 78.9 Å². The Kier molecular flexibility index (Phi) is 8.31. The van der Waals surface area contributed by atoms with Crippen LogP contribution in [0.1, 0.15) is 29.5 Å². The largest absolute Gasteiger partial charge is 0.484 e. The van der Waals surface area contributed by atoms with Crippen molar-refractivity contribution < 1.29 is 17.9 Å². The lowest BCUT2D eigenvalue weighted by molar-refractivity contribution is -0.134. The molecule has 0 radical (unpaired) electrons. The molecule has 4 rings (SSSR count). The summed E-state index contributed by atoms with van der Waals surface area (Å²) in [4.78, 5) is 14.6. The van der Waals surface area contributed by atoms with Gasteiger partial charge in [-0.15, -0.1) is 0 Å². The third-order valence-corrected chi connectivity index (χ3v) is 7.81. The summed E-state index contributed by atoms with van der Waals surface area (Å²) in [5.74, 6) is 1.12. The summed E-state index contributed by atoms with van der Waals surface area (Å²) >= 11 is 0. The summed E-state index contributed by atoms with van der Waals surface area (Å²) in [5, 5.41) is 0. The van der Waals surface area contributed by atoms with Crippen LogP contribution >= 0.6 is 0 Å². The van der Waals surface area contributed by atoms with Crippen LogP contribution < -0.4 is 9.04 Å². The summed E-state index contributed by atoms with van der Waals surface area (Å²) in [5.41, 5.74) is 3.93. The van der Waals surface area contributed by atoms with Gasteiger partial charge in [-0.2, -0.15) is 0 Å². The van der Waals surface area contributed by atoms with Crippen molar-refractivity contribution in [2.45, 2.75) is 32.7 Å². The standard InChI is InChI=1S/C29H34N2O4S/c1-23-8-10-26(11-9-23)21-31(36(2,33)34)27-12-14-28(15-13-27)35-22-29(32)30-18-16-25(17-19-30)20-24-6-4-3-5-7-24/h3-15,25H,16-22H2,1-2H3. The Morgan fingerprint density at radius 2 is 1.56 bits per heavy atom. The van der Waals surface area contributed by atoms with Crippen LogP contribution in [0.3, 0.4) is 0 Å². The third-order valence-electron chi connectivity index (χ3n) is 6.67. The van der Waals surface area contributed by atoms with Gasteiger partial charge in [-0.05, 0) is 67.5 Å². The lowest BCUT2D eigenvalue weighted by Crippen LogP contribution is -2.41. The monoisotopic (exact) mass is 506 g/mol. The number of nitrogens with zero attached hydrogens (tertiary/aromatic N) is 2. The van der Waals surface area contributed by atoms with Gasteiger partial charge >= 0.3 is 0 Å². The molecule has 0 unspecified atom stereocenters. The van der Waals surface area contributed by atoms with Gasteiger partial charge in [-0.3, -0.25) is 9.10 Å². The molecule has 36 heavy (non-hydrogen) atoms. The lowest BCUT2D eigenvalue weighted by atomic mass is 9.90. The molecule has 3 aromatic rings. The van der Waals surface area contributed by atoms with E-state index in [1.165, 1.54) is 16.1 Å². The predicted molar refractivity (Wildman–Crippen MR) is 144 cm³/mol. The van der Waals surface area contributed by atoms with E-state index in [1.807, 2.05) is 42.2 Å². The number of rotatable bonds is 9. The van der Waals surface area contributed by atoms with E-state index in [-0.39, 0.29) is 19.1 Å². The predicted octanol–water partition coefficient (Wildman–Crippen LogP) is 4.82. The van der Waals surface area contributed by atoms with Crippen LogP contribution in [0.5, 0.6) is 5.75 Å². The molecule has 1 heterocycles. The number of hydrogen-bond donors (Lipinski definition) is 0. The number of carbonyl (C=O) groups excluding carboxylic acids is 1. The van der Waals surface area contributed by atoms with Crippen LogP contribution in [-0.4, -0.2) is 45.2 Å². The Bertz CT molecular complexity index is 1230. The smallest absolute Gasteiger partial charge is 0.260 e. The maximum Gasteiger partial charge on any atom is 0.260 e. The molecule has 3 aromatic carbocycles. The lowest BCUT2D eigenvalue weighted by Gasteiger charge is -2.32. The van der Waals surface area contributed by atoms with E-state index in [1.54, 1.807) is 24.3 Å². The Hall–Kier alpha value is -3.32. The fraction of sp³-hybridized carbons (Fsp3) is 0.345. The average Bonchev–Trinajstić information content (AvgIpc) is 2.88. The molecule has 7 heteroatoms. The number of hydrogen-bond acceptors (Lipinski definition) is 4. The Labute approximate surface area is 214 Å². The van der Waals surface area contributed by atoms with E-state index in [2.05, 4.69) is 24.3 Å². The van der Waals surface area contributed by atoms with Crippen LogP contribution in [0.25, 0.3) is 0 Å². The maximum absolute atomic E-state index is 12.7. The molecule has 1 aliphatic rings. The Balaban J connectivity index is 1.29. The molecule has 1 saturated heterocycles. The first-order valence-corrected chi connectivity index (χ1v) is 14.2. The van der Waals surface area contributed by atoms with Gasteiger partial charge in [0.1, 0.15) is 5.75 Å². The first kappa shape index (κ1) is 25.8. The van der Waals surface area contributed by atoms with Crippen LogP contribution in [0.2, 0.25) is 0 Å². The summed E-state index contributed by atoms with van der Waals surface area (Å²) < 4.78 is 32.0. The van der Waals surface area contributed by atoms with E-state index < -0.39 is 10.0 Å². The number of carbonyl (C=O) groups is 1. The molecule has 1 fully saturated rings. The van der Waals surface area contributed by atoms with E-state index in [0.717, 1.165) is 43.5 Å². The number of benzene rings is 3. The molecule has 1 amide bonds. The highest BCUT2D eigenvalue weighted by atomic mass is 32.2. The zero-order valence-corrected chi connectivity index (χ0v) is 21.8. The van der Waals surface area contributed by atoms with Gasteiger partial charge in [0.05, 0.1) is 18.5 Å². The molecule has 0 atom stereocenters. The minimum Gasteiger partial charge on any atom is -0.484 e. The van der Waals surface area contributed by atoms with Crippen molar-refractivity contribution in [3.05, 3.63) is 95.6 Å². The number of anilines is 1. The van der Waals surface area contributed by atoms with Crippen molar-refractivity contribution in [2.24, 2.45) is 5.92 Å². The molecule has 1 aliphatic heterocycles. The van der Waals surface area contributed by atoms with Crippen LogP contribution in [0, 0.1) is 12.8 Å². The van der Waals surface area contributed by atoms with Crippen molar-refractivity contribution in [3.8, 4) is 5.75 Å². The highest BCUT2D eigenvalue weighted by molar-refractivity contribution is 7.92. The molecule has 0 N–H and O–H groups in total. The summed E-state index contributed by atoms with van der Waals surface area (Å²) in [6.45, 7) is 3.72. The number of aryl methyl sites for hydroxylation is 1. The summed E-state index contributed by atoms with van der Waals surface area (Å²) in [6.07, 6.45) is 4.25. The van der Waals surface area contributed by atoms with Crippen molar-refractivity contribution >= 4 is 21.6 Å². The molecule has 6 nitrogen and oxygen atoms in total. The molecule has 0 aromatic heterocycles. The van der Waals surface area contributed by atoms with Gasteiger partial charge < -0.3 is 9.64 Å². The van der Waals surface area contributed by atoms with Gasteiger partial charge in [0.2, 0.25) is 10.0 Å². The molecule has 0 aliphatic carbocycles. The van der Waals surface area contributed by atoms with E-state index in [9.17, 15) is 13.2 Å². The first-order valence-electron chi connectivity index (χ1n) is 12.4. The zero-order chi connectivity index (χ0) is 25.5. The van der Waals surface area contributed by atoms with Gasteiger partial charge in [0.25, 0.3) is 5.91 Å². The van der Waals surface area contributed by atoms with Crippen LogP contribution in [-0.2, 0) is 27.8 Å². The minimum absolute atomic E-state index is 0.0191. The number of ether oxygens (including phenoxy) is 1. The second-order valence-corrected chi connectivity index (χ2v) is 11.5. The topological polar surface area (TPSA) is 66.9 Å². The molecule has 0 saturated carbocycles. The number of piperidine rings is 1. The minimum atomic E-state index is -3.47.